The molecule has 2 aromatic rings. The van der Waals surface area contributed by atoms with Gasteiger partial charge in [-0.3, -0.25) is 0 Å². The molecule has 1 heterocycles. The fourth-order valence-electron chi connectivity index (χ4n) is 1.44. The van der Waals surface area contributed by atoms with Crippen molar-refractivity contribution in [1.29, 1.82) is 0 Å². The zero-order chi connectivity index (χ0) is 11.7. The summed E-state index contributed by atoms with van der Waals surface area (Å²) in [4.78, 5) is 12.1. The van der Waals surface area contributed by atoms with Crippen molar-refractivity contribution in [3.8, 4) is 0 Å². The quantitative estimate of drug-likeness (QED) is 0.868. The molecule has 5 heteroatoms. The molecule has 2 rings (SSSR count). The van der Waals surface area contributed by atoms with Crippen LogP contribution in [0.3, 0.4) is 0 Å². The van der Waals surface area contributed by atoms with E-state index >= 15 is 0 Å². The highest BCUT2D eigenvalue weighted by Crippen LogP contribution is 2.33. The van der Waals surface area contributed by atoms with Crippen LogP contribution < -0.4 is 5.73 Å². The molecule has 0 aliphatic carbocycles. The van der Waals surface area contributed by atoms with E-state index in [2.05, 4.69) is 20.7 Å². The van der Waals surface area contributed by atoms with E-state index in [1.54, 1.807) is 0 Å². The summed E-state index contributed by atoms with van der Waals surface area (Å²) >= 11 is 4.97. The Kier molecular flexibility index (Phi) is 3.28. The van der Waals surface area contributed by atoms with E-state index in [1.807, 2.05) is 24.3 Å². The average Bonchev–Trinajstić information content (AvgIpc) is 2.72. The van der Waals surface area contributed by atoms with Crippen LogP contribution >= 0.6 is 27.3 Å². The van der Waals surface area contributed by atoms with Crippen molar-refractivity contribution in [2.45, 2.75) is 6.04 Å². The van der Waals surface area contributed by atoms with Crippen molar-refractivity contribution in [2.24, 2.45) is 5.73 Å². The maximum Gasteiger partial charge on any atom is 0.328 e. The molecule has 0 saturated carbocycles. The van der Waals surface area contributed by atoms with Gasteiger partial charge in [0, 0.05) is 19.4 Å². The largest absolute Gasteiger partial charge is 0.468 e. The summed E-state index contributed by atoms with van der Waals surface area (Å²) in [5.41, 5.74) is 5.78. The number of hydrogen-bond acceptors (Lipinski definition) is 4. The Morgan fingerprint density at radius 3 is 2.94 bits per heavy atom. The van der Waals surface area contributed by atoms with Crippen molar-refractivity contribution in [3.05, 3.63) is 33.6 Å². The van der Waals surface area contributed by atoms with Crippen molar-refractivity contribution in [2.75, 3.05) is 7.11 Å². The predicted molar refractivity (Wildman–Crippen MR) is 68.5 cm³/mol. The molecular formula is C11H10BrNO2S. The number of rotatable bonds is 2. The van der Waals surface area contributed by atoms with Gasteiger partial charge in [0.1, 0.15) is 6.04 Å². The van der Waals surface area contributed by atoms with Gasteiger partial charge in [-0.25, -0.2) is 4.79 Å². The second-order valence-electron chi connectivity index (χ2n) is 3.30. The van der Waals surface area contributed by atoms with Crippen LogP contribution in [-0.4, -0.2) is 13.1 Å². The highest BCUT2D eigenvalue weighted by molar-refractivity contribution is 9.10. The second kappa shape index (κ2) is 4.53. The first-order valence-corrected chi connectivity index (χ1v) is 6.26. The standard InChI is InChI=1S/C11H10BrNO2S/c1-15-11(14)10(13)9-5-6-7(12)3-2-4-8(6)16-9/h2-5,10H,13H2,1H3. The predicted octanol–water partition coefficient (Wildman–Crippen LogP) is 2.84. The first kappa shape index (κ1) is 11.6. The molecule has 2 N–H and O–H groups in total. The first-order valence-electron chi connectivity index (χ1n) is 4.65. The number of esters is 1. The number of carbonyl (C=O) groups is 1. The van der Waals surface area contributed by atoms with Gasteiger partial charge in [-0.2, -0.15) is 0 Å². The molecule has 1 aromatic heterocycles. The number of carbonyl (C=O) groups excluding carboxylic acids is 1. The third-order valence-electron chi connectivity index (χ3n) is 2.29. The number of ether oxygens (including phenoxy) is 1. The molecule has 3 nitrogen and oxygen atoms in total. The lowest BCUT2D eigenvalue weighted by molar-refractivity contribution is -0.142. The van der Waals surface area contributed by atoms with Crippen LogP contribution in [0.1, 0.15) is 10.9 Å². The van der Waals surface area contributed by atoms with E-state index in [1.165, 1.54) is 18.4 Å². The van der Waals surface area contributed by atoms with Crippen LogP contribution in [0.25, 0.3) is 10.1 Å². The highest BCUT2D eigenvalue weighted by Gasteiger charge is 2.19. The molecule has 0 amide bonds. The summed E-state index contributed by atoms with van der Waals surface area (Å²) < 4.78 is 6.73. The minimum Gasteiger partial charge on any atom is -0.468 e. The molecule has 1 atom stereocenters. The Balaban J connectivity index is 2.47. The molecule has 84 valence electrons. The topological polar surface area (TPSA) is 52.3 Å². The van der Waals surface area contributed by atoms with Crippen LogP contribution in [0.2, 0.25) is 0 Å². The zero-order valence-corrected chi connectivity index (χ0v) is 11.0. The summed E-state index contributed by atoms with van der Waals surface area (Å²) in [5.74, 6) is -0.414. The van der Waals surface area contributed by atoms with E-state index in [0.29, 0.717) is 0 Å². The molecule has 0 saturated heterocycles. The Morgan fingerprint density at radius 1 is 1.56 bits per heavy atom. The van der Waals surface area contributed by atoms with Crippen molar-refractivity contribution >= 4 is 43.3 Å². The van der Waals surface area contributed by atoms with Gasteiger partial charge in [-0.15, -0.1) is 11.3 Å². The summed E-state index contributed by atoms with van der Waals surface area (Å²) in [6.45, 7) is 0. The Hall–Kier alpha value is -0.910. The number of thiophene rings is 1. The maximum atomic E-state index is 11.3. The van der Waals surface area contributed by atoms with Gasteiger partial charge in [0.05, 0.1) is 7.11 Å². The Bertz CT molecular complexity index is 538. The molecule has 1 unspecified atom stereocenters. The molecule has 0 bridgehead atoms. The molecule has 0 spiro atoms. The van der Waals surface area contributed by atoms with Gasteiger partial charge in [0.25, 0.3) is 0 Å². The third kappa shape index (κ3) is 1.98. The van der Waals surface area contributed by atoms with Crippen LogP contribution in [0.15, 0.2) is 28.7 Å². The van der Waals surface area contributed by atoms with Crippen molar-refractivity contribution in [1.82, 2.24) is 0 Å². The van der Waals surface area contributed by atoms with Gasteiger partial charge in [-0.1, -0.05) is 22.0 Å². The van der Waals surface area contributed by atoms with E-state index in [9.17, 15) is 4.79 Å². The summed E-state index contributed by atoms with van der Waals surface area (Å²) in [6.07, 6.45) is 0. The van der Waals surface area contributed by atoms with Gasteiger partial charge >= 0.3 is 5.97 Å². The molecule has 0 aliphatic heterocycles. The number of fused-ring (bicyclic) bond motifs is 1. The van der Waals surface area contributed by atoms with E-state index < -0.39 is 12.0 Å². The fraction of sp³-hybridized carbons (Fsp3) is 0.182. The van der Waals surface area contributed by atoms with Crippen LogP contribution in [0.5, 0.6) is 0 Å². The second-order valence-corrected chi connectivity index (χ2v) is 5.27. The van der Waals surface area contributed by atoms with Crippen LogP contribution in [0, 0.1) is 0 Å². The minimum absolute atomic E-state index is 0.414. The van der Waals surface area contributed by atoms with Gasteiger partial charge in [-0.05, 0) is 18.2 Å². The fourth-order valence-corrected chi connectivity index (χ4v) is 3.13. The first-order chi connectivity index (χ1) is 7.63. The number of halogens is 1. The molecule has 1 aromatic carbocycles. The van der Waals surface area contributed by atoms with Crippen molar-refractivity contribution < 1.29 is 9.53 Å². The van der Waals surface area contributed by atoms with Gasteiger partial charge in [0.15, 0.2) is 0 Å². The Labute approximate surface area is 105 Å². The number of benzene rings is 1. The number of methoxy groups -OCH3 is 1. The lowest BCUT2D eigenvalue weighted by atomic mass is 10.2. The van der Waals surface area contributed by atoms with E-state index in [4.69, 9.17) is 5.73 Å². The maximum absolute atomic E-state index is 11.3. The lowest BCUT2D eigenvalue weighted by Crippen LogP contribution is -2.21. The number of hydrogen-bond donors (Lipinski definition) is 1. The Morgan fingerprint density at radius 2 is 2.31 bits per heavy atom. The van der Waals surface area contributed by atoms with Crippen LogP contribution in [-0.2, 0) is 9.53 Å². The summed E-state index contributed by atoms with van der Waals surface area (Å²) in [6, 6.07) is 7.14. The van der Waals surface area contributed by atoms with Gasteiger partial charge < -0.3 is 10.5 Å². The zero-order valence-electron chi connectivity index (χ0n) is 8.57. The third-order valence-corrected chi connectivity index (χ3v) is 4.16. The SMILES string of the molecule is COC(=O)C(N)c1cc2c(Br)cccc2s1. The normalized spacial score (nSPS) is 12.7. The molecule has 16 heavy (non-hydrogen) atoms. The highest BCUT2D eigenvalue weighted by atomic mass is 79.9. The van der Waals surface area contributed by atoms with E-state index in [-0.39, 0.29) is 0 Å². The molecular weight excluding hydrogens is 290 g/mol. The molecule has 0 fully saturated rings. The van der Waals surface area contributed by atoms with Crippen molar-refractivity contribution in [3.63, 3.8) is 0 Å². The van der Waals surface area contributed by atoms with E-state index in [0.717, 1.165) is 19.4 Å². The lowest BCUT2D eigenvalue weighted by Gasteiger charge is -2.05. The van der Waals surface area contributed by atoms with Gasteiger partial charge in [0.2, 0.25) is 0 Å². The minimum atomic E-state index is -0.700. The number of nitrogens with two attached hydrogens (primary N) is 1. The molecule has 0 aliphatic rings. The monoisotopic (exact) mass is 299 g/mol. The average molecular weight is 300 g/mol. The van der Waals surface area contributed by atoms with Crippen LogP contribution in [0.4, 0.5) is 0 Å². The molecule has 0 radical (unpaired) electrons. The summed E-state index contributed by atoms with van der Waals surface area (Å²) in [5, 5.41) is 1.07. The summed E-state index contributed by atoms with van der Waals surface area (Å²) in [7, 11) is 1.34. The smallest absolute Gasteiger partial charge is 0.328 e.